The number of fused-ring (bicyclic) bond motifs is 1. The van der Waals surface area contributed by atoms with Gasteiger partial charge in [-0.15, -0.1) is 0 Å². The summed E-state index contributed by atoms with van der Waals surface area (Å²) < 4.78 is 13.2. The van der Waals surface area contributed by atoms with Crippen LogP contribution in [-0.4, -0.2) is 52.1 Å². The number of H-pyrrole nitrogens is 1. The van der Waals surface area contributed by atoms with Gasteiger partial charge in [-0.2, -0.15) is 5.26 Å². The van der Waals surface area contributed by atoms with Crippen molar-refractivity contribution in [2.24, 2.45) is 0 Å². The van der Waals surface area contributed by atoms with Crippen LogP contribution in [0.25, 0.3) is 22.3 Å². The monoisotopic (exact) mass is 469 g/mol. The lowest BCUT2D eigenvalue weighted by molar-refractivity contribution is 0.191. The molecule has 9 heteroatoms. The molecule has 1 fully saturated rings. The number of carbonyl (C=O) groups is 1. The molecule has 1 aliphatic rings. The highest BCUT2D eigenvalue weighted by Crippen LogP contribution is 2.29. The van der Waals surface area contributed by atoms with Crippen LogP contribution < -0.4 is 10.2 Å². The van der Waals surface area contributed by atoms with Gasteiger partial charge in [0.25, 0.3) is 0 Å². The highest BCUT2D eigenvalue weighted by molar-refractivity contribution is 5.92. The van der Waals surface area contributed by atoms with E-state index in [9.17, 15) is 9.18 Å². The summed E-state index contributed by atoms with van der Waals surface area (Å²) in [6.45, 7) is 4.28. The van der Waals surface area contributed by atoms with Crippen LogP contribution in [0, 0.1) is 17.1 Å². The third-order valence-corrected chi connectivity index (χ3v) is 6.31. The predicted octanol–water partition coefficient (Wildman–Crippen LogP) is 4.23. The summed E-state index contributed by atoms with van der Waals surface area (Å²) >= 11 is 0. The highest BCUT2D eigenvalue weighted by atomic mass is 19.1. The number of hydrogen-bond acceptors (Lipinski definition) is 5. The number of amides is 2. The van der Waals surface area contributed by atoms with Gasteiger partial charge in [-0.25, -0.2) is 19.2 Å². The van der Waals surface area contributed by atoms with Crippen molar-refractivity contribution in [3.63, 3.8) is 0 Å². The normalized spacial score (nSPS) is 14.5. The fraction of sp³-hybridized carbons (Fsp3) is 0.231. The van der Waals surface area contributed by atoms with Gasteiger partial charge < -0.3 is 20.1 Å². The molecule has 5 rings (SSSR count). The summed E-state index contributed by atoms with van der Waals surface area (Å²) in [6, 6.07) is 17.3. The summed E-state index contributed by atoms with van der Waals surface area (Å²) in [5, 5.41) is 12.9. The number of nitrogens with zero attached hydrogens (tertiary/aromatic N) is 5. The zero-order valence-electron chi connectivity index (χ0n) is 19.2. The van der Waals surface area contributed by atoms with Crippen LogP contribution in [-0.2, 0) is 0 Å². The largest absolute Gasteiger partial charge is 0.352 e. The minimum Gasteiger partial charge on any atom is -0.352 e. The molecule has 8 nitrogen and oxygen atoms in total. The SMILES string of the molecule is C[C@H](NC(=O)N1CCN(c2ncnc3[nH]c(-c4ccc(C#N)cc4)cc23)CC1)c1ccc(F)cc1. The van der Waals surface area contributed by atoms with E-state index >= 15 is 0 Å². The predicted molar refractivity (Wildman–Crippen MR) is 131 cm³/mol. The fourth-order valence-corrected chi connectivity index (χ4v) is 4.29. The molecule has 2 aromatic heterocycles. The van der Waals surface area contributed by atoms with Gasteiger partial charge in [0.1, 0.15) is 23.6 Å². The number of nitrogens with one attached hydrogen (secondary N) is 2. The molecule has 1 aliphatic heterocycles. The van der Waals surface area contributed by atoms with E-state index in [2.05, 4.69) is 31.2 Å². The van der Waals surface area contributed by atoms with Crippen molar-refractivity contribution in [2.75, 3.05) is 31.1 Å². The molecule has 0 spiro atoms. The van der Waals surface area contributed by atoms with Crippen LogP contribution in [0.2, 0.25) is 0 Å². The van der Waals surface area contributed by atoms with E-state index in [4.69, 9.17) is 5.26 Å². The molecule has 0 radical (unpaired) electrons. The molecule has 2 N–H and O–H groups in total. The van der Waals surface area contributed by atoms with Crippen LogP contribution >= 0.6 is 0 Å². The number of nitriles is 1. The van der Waals surface area contributed by atoms with Crippen molar-refractivity contribution in [1.82, 2.24) is 25.2 Å². The van der Waals surface area contributed by atoms with E-state index < -0.39 is 0 Å². The zero-order valence-corrected chi connectivity index (χ0v) is 19.2. The van der Waals surface area contributed by atoms with E-state index in [1.165, 1.54) is 12.1 Å². The molecule has 0 unspecified atom stereocenters. The summed E-state index contributed by atoms with van der Waals surface area (Å²) in [7, 11) is 0. The van der Waals surface area contributed by atoms with Crippen LogP contribution in [0.15, 0.2) is 60.9 Å². The van der Waals surface area contributed by atoms with Crippen molar-refractivity contribution < 1.29 is 9.18 Å². The van der Waals surface area contributed by atoms with Crippen LogP contribution in [0.3, 0.4) is 0 Å². The fourth-order valence-electron chi connectivity index (χ4n) is 4.29. The molecule has 1 atom stereocenters. The van der Waals surface area contributed by atoms with Crippen molar-refractivity contribution in [1.29, 1.82) is 5.26 Å². The van der Waals surface area contributed by atoms with Crippen molar-refractivity contribution in [3.05, 3.63) is 77.9 Å². The van der Waals surface area contributed by atoms with E-state index in [-0.39, 0.29) is 17.9 Å². The van der Waals surface area contributed by atoms with E-state index in [1.807, 2.05) is 25.1 Å². The number of carbonyl (C=O) groups excluding carboxylic acids is 1. The number of urea groups is 1. The molecule has 3 heterocycles. The van der Waals surface area contributed by atoms with Gasteiger partial charge >= 0.3 is 6.03 Å². The number of anilines is 1. The van der Waals surface area contributed by atoms with Crippen LogP contribution in [0.5, 0.6) is 0 Å². The van der Waals surface area contributed by atoms with Gasteiger partial charge in [-0.1, -0.05) is 24.3 Å². The molecule has 0 aliphatic carbocycles. The number of benzene rings is 2. The quantitative estimate of drug-likeness (QED) is 0.466. The molecule has 35 heavy (non-hydrogen) atoms. The lowest BCUT2D eigenvalue weighted by Gasteiger charge is -2.36. The summed E-state index contributed by atoms with van der Waals surface area (Å²) in [5.41, 5.74) is 4.07. The number of halogens is 1. The third-order valence-electron chi connectivity index (χ3n) is 6.31. The van der Waals surface area contributed by atoms with Crippen LogP contribution in [0.1, 0.15) is 24.1 Å². The lowest BCUT2D eigenvalue weighted by atomic mass is 10.1. The minimum absolute atomic E-state index is 0.140. The number of aromatic amines is 1. The lowest BCUT2D eigenvalue weighted by Crippen LogP contribution is -2.52. The first kappa shape index (κ1) is 22.3. The van der Waals surface area contributed by atoms with Gasteiger partial charge in [0.15, 0.2) is 0 Å². The first-order valence-electron chi connectivity index (χ1n) is 11.4. The van der Waals surface area contributed by atoms with E-state index in [0.29, 0.717) is 31.7 Å². The molecule has 2 aromatic carbocycles. The van der Waals surface area contributed by atoms with Crippen molar-refractivity contribution in [2.45, 2.75) is 13.0 Å². The number of aromatic nitrogens is 3. The molecule has 1 saturated heterocycles. The molecule has 4 aromatic rings. The van der Waals surface area contributed by atoms with Gasteiger partial charge in [-0.05, 0) is 48.4 Å². The second kappa shape index (κ2) is 9.43. The minimum atomic E-state index is -0.298. The molecule has 176 valence electrons. The van der Waals surface area contributed by atoms with E-state index in [1.54, 1.807) is 35.5 Å². The van der Waals surface area contributed by atoms with Gasteiger partial charge in [0, 0.05) is 31.9 Å². The van der Waals surface area contributed by atoms with Gasteiger partial charge in [-0.3, -0.25) is 0 Å². The van der Waals surface area contributed by atoms with Gasteiger partial charge in [0.2, 0.25) is 0 Å². The van der Waals surface area contributed by atoms with Gasteiger partial charge in [0.05, 0.1) is 23.1 Å². The Morgan fingerprint density at radius 1 is 1.09 bits per heavy atom. The van der Waals surface area contributed by atoms with Crippen molar-refractivity contribution in [3.8, 4) is 17.3 Å². The molecule has 0 bridgehead atoms. The zero-order chi connectivity index (χ0) is 24.4. The topological polar surface area (TPSA) is 101 Å². The summed E-state index contributed by atoms with van der Waals surface area (Å²) in [4.78, 5) is 29.0. The average molecular weight is 470 g/mol. The first-order chi connectivity index (χ1) is 17.0. The Morgan fingerprint density at radius 2 is 1.80 bits per heavy atom. The van der Waals surface area contributed by atoms with E-state index in [0.717, 1.165) is 33.7 Å². The summed E-state index contributed by atoms with van der Waals surface area (Å²) in [5.74, 6) is 0.527. The third kappa shape index (κ3) is 4.64. The molecule has 0 saturated carbocycles. The molecular formula is C26H24FN7O. The molecular weight excluding hydrogens is 445 g/mol. The Balaban J connectivity index is 1.26. The second-order valence-corrected chi connectivity index (χ2v) is 8.53. The number of hydrogen-bond donors (Lipinski definition) is 2. The molecule has 2 amide bonds. The number of rotatable bonds is 4. The Morgan fingerprint density at radius 3 is 2.49 bits per heavy atom. The maximum atomic E-state index is 13.2. The summed E-state index contributed by atoms with van der Waals surface area (Å²) in [6.07, 6.45) is 1.54. The number of piperazine rings is 1. The van der Waals surface area contributed by atoms with Crippen molar-refractivity contribution >= 4 is 22.9 Å². The Hall–Kier alpha value is -4.45. The first-order valence-corrected chi connectivity index (χ1v) is 11.4. The smallest absolute Gasteiger partial charge is 0.317 e. The maximum absolute atomic E-state index is 13.2. The highest BCUT2D eigenvalue weighted by Gasteiger charge is 2.24. The maximum Gasteiger partial charge on any atom is 0.317 e. The Labute approximate surface area is 202 Å². The Kier molecular flexibility index (Phi) is 6.02. The Bertz CT molecular complexity index is 1380. The van der Waals surface area contributed by atoms with Crippen LogP contribution in [0.4, 0.5) is 15.0 Å². The standard InChI is InChI=1S/C26H24FN7O/c1-17(19-6-8-21(27)9-7-19)31-26(35)34-12-10-33(11-13-34)25-22-14-23(32-24(22)29-16-30-25)20-4-2-18(15-28)3-5-20/h2-9,14,16-17H,10-13H2,1H3,(H,31,35)(H,29,30,32)/t17-/m0/s1. The second-order valence-electron chi connectivity index (χ2n) is 8.53. The average Bonchev–Trinajstić information content (AvgIpc) is 3.34.